The van der Waals surface area contributed by atoms with Gasteiger partial charge in [-0.3, -0.25) is 0 Å². The van der Waals surface area contributed by atoms with Crippen molar-refractivity contribution < 1.29 is 8.83 Å². The molecule has 14 rings (SSSR count). The lowest BCUT2D eigenvalue weighted by Gasteiger charge is -2.18. The lowest BCUT2D eigenvalue weighted by molar-refractivity contribution is 0.669. The highest BCUT2D eigenvalue weighted by Gasteiger charge is 2.23. The van der Waals surface area contributed by atoms with Crippen LogP contribution < -0.4 is 0 Å². The van der Waals surface area contributed by atoms with E-state index in [0.29, 0.717) is 0 Å². The van der Waals surface area contributed by atoms with E-state index < -0.39 is 0 Å². The van der Waals surface area contributed by atoms with E-state index in [0.717, 1.165) is 59.9 Å². The first-order valence-electron chi connectivity index (χ1n) is 23.2. The fourth-order valence-corrected chi connectivity index (χ4v) is 12.4. The Morgan fingerprint density at radius 3 is 1.31 bits per heavy atom. The fraction of sp³-hybridized carbons (Fsp3) is 0.0154. The molecule has 3 heteroatoms. The zero-order valence-electron chi connectivity index (χ0n) is 37.1. The SMILES string of the molecule is C=Cc1sc2cc(-c3c4ccccc4c(-c4cccc5c4oc4ccccc45)c4ccccc34)ccc2c1/C=C(\C)c1c2ccccc2c(-c2cccc3c2oc2ccccc23)c2ccccc12. The highest BCUT2D eigenvalue weighted by Crippen LogP contribution is 2.49. The van der Waals surface area contributed by atoms with E-state index in [1.807, 2.05) is 29.5 Å². The van der Waals surface area contributed by atoms with Gasteiger partial charge in [0.25, 0.3) is 0 Å². The molecule has 0 N–H and O–H groups in total. The van der Waals surface area contributed by atoms with Gasteiger partial charge < -0.3 is 8.83 Å². The van der Waals surface area contributed by atoms with Crippen LogP contribution in [0.4, 0.5) is 0 Å². The van der Waals surface area contributed by atoms with Crippen LogP contribution in [0.2, 0.25) is 0 Å². The first-order valence-corrected chi connectivity index (χ1v) is 24.0. The molecule has 2 nitrogen and oxygen atoms in total. The van der Waals surface area contributed by atoms with Gasteiger partial charge in [0, 0.05) is 64.3 Å². The van der Waals surface area contributed by atoms with Gasteiger partial charge in [0.2, 0.25) is 0 Å². The predicted octanol–water partition coefficient (Wildman–Crippen LogP) is 19.5. The van der Waals surface area contributed by atoms with Gasteiger partial charge in [0.05, 0.1) is 0 Å². The third-order valence-electron chi connectivity index (χ3n) is 14.2. The molecule has 0 saturated heterocycles. The zero-order chi connectivity index (χ0) is 45.0. The van der Waals surface area contributed by atoms with Gasteiger partial charge in [0.15, 0.2) is 0 Å². The van der Waals surface area contributed by atoms with Gasteiger partial charge in [-0.25, -0.2) is 0 Å². The summed E-state index contributed by atoms with van der Waals surface area (Å²) in [6.07, 6.45) is 4.41. The van der Waals surface area contributed by atoms with E-state index >= 15 is 0 Å². The summed E-state index contributed by atoms with van der Waals surface area (Å²) >= 11 is 1.81. The number of allylic oxidation sites excluding steroid dienone is 1. The molecule has 0 unspecified atom stereocenters. The predicted molar refractivity (Wildman–Crippen MR) is 293 cm³/mol. The second-order valence-electron chi connectivity index (χ2n) is 17.9. The number of hydrogen-bond acceptors (Lipinski definition) is 3. The molecule has 14 aromatic rings. The van der Waals surface area contributed by atoms with Crippen LogP contribution in [0.25, 0.3) is 148 Å². The van der Waals surface area contributed by atoms with Crippen molar-refractivity contribution in [3.63, 3.8) is 0 Å². The molecule has 0 atom stereocenters. The largest absolute Gasteiger partial charge is 0.455 e. The first kappa shape index (κ1) is 38.7. The Morgan fingerprint density at radius 1 is 0.412 bits per heavy atom. The van der Waals surface area contributed by atoms with E-state index in [1.165, 1.54) is 92.1 Å². The second kappa shape index (κ2) is 15.0. The number of thiophene rings is 1. The van der Waals surface area contributed by atoms with Crippen LogP contribution in [0.3, 0.4) is 0 Å². The van der Waals surface area contributed by atoms with E-state index in [-0.39, 0.29) is 0 Å². The summed E-state index contributed by atoms with van der Waals surface area (Å²) < 4.78 is 14.5. The second-order valence-corrected chi connectivity index (χ2v) is 18.9. The minimum absolute atomic E-state index is 0.903. The molecule has 0 radical (unpaired) electrons. The molecule has 0 saturated carbocycles. The van der Waals surface area contributed by atoms with E-state index in [9.17, 15) is 0 Å². The standard InChI is InChI=1S/C65H40O2S/c1-3-58-55(36-38(2)60-43-20-4-8-24-47(43)62(48-25-9-5-21-44(48)60)53-30-16-28-51-40-18-12-14-32-56(40)66-64(51)53)42-35-34-39(37-59(42)68-58)61-45-22-6-10-26-49(45)63(50-27-11-7-23-46(50)61)54-31-17-29-52-41-19-13-15-33-57(41)67-65(52)54/h3-37H,1H2,2H3/b38-36+. The van der Waals surface area contributed by atoms with Crippen molar-refractivity contribution >= 4 is 126 Å². The summed E-state index contributed by atoms with van der Waals surface area (Å²) in [6, 6.07) is 72.3. The zero-order valence-corrected chi connectivity index (χ0v) is 38.0. The minimum atomic E-state index is 0.903. The maximum Gasteiger partial charge on any atom is 0.143 e. The summed E-state index contributed by atoms with van der Waals surface area (Å²) in [6.45, 7) is 6.62. The Kier molecular flexibility index (Phi) is 8.55. The summed E-state index contributed by atoms with van der Waals surface area (Å²) in [5.74, 6) is 0. The van der Waals surface area contributed by atoms with Crippen LogP contribution in [0.5, 0.6) is 0 Å². The lowest BCUT2D eigenvalue weighted by Crippen LogP contribution is -1.93. The molecule has 68 heavy (non-hydrogen) atoms. The average molecular weight is 885 g/mol. The van der Waals surface area contributed by atoms with Crippen molar-refractivity contribution in [2.24, 2.45) is 0 Å². The molecule has 3 aromatic heterocycles. The Morgan fingerprint density at radius 2 is 0.824 bits per heavy atom. The van der Waals surface area contributed by atoms with Gasteiger partial charge in [-0.1, -0.05) is 195 Å². The van der Waals surface area contributed by atoms with Crippen LogP contribution in [-0.4, -0.2) is 0 Å². The molecule has 0 bridgehead atoms. The number of hydrogen-bond donors (Lipinski definition) is 0. The highest BCUT2D eigenvalue weighted by atomic mass is 32.1. The van der Waals surface area contributed by atoms with Crippen LogP contribution in [0, 0.1) is 0 Å². The molecule has 0 aliphatic heterocycles. The summed E-state index contributed by atoms with van der Waals surface area (Å²) in [5.41, 5.74) is 14.3. The molecular formula is C65H40O2S. The molecule has 0 spiro atoms. The Labute approximate surface area is 395 Å². The minimum Gasteiger partial charge on any atom is -0.455 e. The first-order chi connectivity index (χ1) is 33.6. The van der Waals surface area contributed by atoms with Crippen LogP contribution in [0.1, 0.15) is 22.9 Å². The van der Waals surface area contributed by atoms with E-state index in [1.54, 1.807) is 0 Å². The van der Waals surface area contributed by atoms with Crippen molar-refractivity contribution in [2.45, 2.75) is 6.92 Å². The molecule has 0 aliphatic carbocycles. The molecule has 318 valence electrons. The lowest BCUT2D eigenvalue weighted by atomic mass is 9.85. The fourth-order valence-electron chi connectivity index (χ4n) is 11.3. The summed E-state index contributed by atoms with van der Waals surface area (Å²) in [5, 5.41) is 15.4. The normalized spacial score (nSPS) is 12.3. The van der Waals surface area contributed by atoms with Crippen molar-refractivity contribution in [3.05, 3.63) is 223 Å². The van der Waals surface area contributed by atoms with Gasteiger partial charge in [-0.05, 0) is 96.6 Å². The van der Waals surface area contributed by atoms with Crippen molar-refractivity contribution in [2.75, 3.05) is 0 Å². The Hall–Kier alpha value is -8.50. The van der Waals surface area contributed by atoms with Crippen molar-refractivity contribution in [1.82, 2.24) is 0 Å². The topological polar surface area (TPSA) is 26.3 Å². The molecule has 11 aromatic carbocycles. The highest BCUT2D eigenvalue weighted by molar-refractivity contribution is 7.20. The summed E-state index contributed by atoms with van der Waals surface area (Å²) in [7, 11) is 0. The number of fused-ring (bicyclic) bond motifs is 11. The molecule has 0 amide bonds. The van der Waals surface area contributed by atoms with Crippen LogP contribution in [0.15, 0.2) is 216 Å². The number of rotatable bonds is 6. The van der Waals surface area contributed by atoms with Gasteiger partial charge >= 0.3 is 0 Å². The monoisotopic (exact) mass is 884 g/mol. The van der Waals surface area contributed by atoms with E-state index in [2.05, 4.69) is 208 Å². The molecule has 0 aliphatic rings. The quantitative estimate of drug-likeness (QED) is 0.156. The molecular weight excluding hydrogens is 845 g/mol. The van der Waals surface area contributed by atoms with E-state index in [4.69, 9.17) is 8.83 Å². The van der Waals surface area contributed by atoms with Crippen molar-refractivity contribution in [3.8, 4) is 33.4 Å². The Bertz CT molecular complexity index is 4360. The summed E-state index contributed by atoms with van der Waals surface area (Å²) in [4.78, 5) is 1.15. The third-order valence-corrected chi connectivity index (χ3v) is 15.4. The van der Waals surface area contributed by atoms with Gasteiger partial charge in [-0.2, -0.15) is 0 Å². The van der Waals surface area contributed by atoms with Crippen molar-refractivity contribution in [1.29, 1.82) is 0 Å². The maximum atomic E-state index is 6.65. The van der Waals surface area contributed by atoms with Crippen LogP contribution in [-0.2, 0) is 0 Å². The van der Waals surface area contributed by atoms with Gasteiger partial charge in [-0.15, -0.1) is 11.3 Å². The molecule has 0 fully saturated rings. The average Bonchev–Trinajstić information content (AvgIpc) is 4.08. The Balaban J connectivity index is 0.945. The number of furan rings is 2. The smallest absolute Gasteiger partial charge is 0.143 e. The number of benzene rings is 11. The molecule has 3 heterocycles. The van der Waals surface area contributed by atoms with Gasteiger partial charge in [0.1, 0.15) is 22.3 Å². The number of para-hydroxylation sites is 4. The third kappa shape index (κ3) is 5.63. The maximum absolute atomic E-state index is 6.65. The van der Waals surface area contributed by atoms with Crippen LogP contribution >= 0.6 is 11.3 Å².